The van der Waals surface area contributed by atoms with Gasteiger partial charge in [-0.3, -0.25) is 9.59 Å². The Morgan fingerprint density at radius 3 is 2.30 bits per heavy atom. The first-order valence-corrected chi connectivity index (χ1v) is 7.99. The normalized spacial score (nSPS) is 41.6. The van der Waals surface area contributed by atoms with Crippen molar-refractivity contribution in [2.45, 2.75) is 71.0 Å². The SMILES string of the molecule is CC1CC(N2C(=O)C(C)(C3CC3)NC(=O)C2C(C)C)C1. The number of piperazine rings is 1. The van der Waals surface area contributed by atoms with Gasteiger partial charge in [-0.15, -0.1) is 0 Å². The Bertz CT molecular complexity index is 438. The predicted octanol–water partition coefficient (Wildman–Crippen LogP) is 1.94. The van der Waals surface area contributed by atoms with E-state index in [0.29, 0.717) is 11.8 Å². The standard InChI is InChI=1S/C16H26N2O2/c1-9(2)13-14(19)17-16(4,11-5-6-11)15(20)18(13)12-7-10(3)8-12/h9-13H,5-8H2,1-4H3,(H,17,19). The van der Waals surface area contributed by atoms with Crippen LogP contribution in [0.25, 0.3) is 0 Å². The molecule has 1 N–H and O–H groups in total. The number of hydrogen-bond donors (Lipinski definition) is 1. The highest BCUT2D eigenvalue weighted by Crippen LogP contribution is 2.45. The lowest BCUT2D eigenvalue weighted by molar-refractivity contribution is -0.163. The van der Waals surface area contributed by atoms with Crippen LogP contribution in [0.5, 0.6) is 0 Å². The Morgan fingerprint density at radius 2 is 1.85 bits per heavy atom. The van der Waals surface area contributed by atoms with Crippen molar-refractivity contribution in [3.63, 3.8) is 0 Å². The Hall–Kier alpha value is -1.06. The van der Waals surface area contributed by atoms with E-state index in [2.05, 4.69) is 12.2 Å². The van der Waals surface area contributed by atoms with E-state index in [1.807, 2.05) is 25.7 Å². The maximum atomic E-state index is 13.0. The van der Waals surface area contributed by atoms with Gasteiger partial charge in [-0.25, -0.2) is 0 Å². The number of hydrogen-bond acceptors (Lipinski definition) is 2. The summed E-state index contributed by atoms with van der Waals surface area (Å²) in [5.74, 6) is 1.40. The van der Waals surface area contributed by atoms with E-state index in [1.54, 1.807) is 0 Å². The second-order valence-electron chi connectivity index (χ2n) is 7.60. The molecular formula is C16H26N2O2. The van der Waals surface area contributed by atoms with E-state index < -0.39 is 5.54 Å². The highest BCUT2D eigenvalue weighted by Gasteiger charge is 2.57. The van der Waals surface area contributed by atoms with Crippen LogP contribution in [-0.2, 0) is 9.59 Å². The summed E-state index contributed by atoms with van der Waals surface area (Å²) in [6, 6.07) is -0.0131. The van der Waals surface area contributed by atoms with Crippen LogP contribution in [0.4, 0.5) is 0 Å². The lowest BCUT2D eigenvalue weighted by Crippen LogP contribution is -2.73. The first kappa shape index (κ1) is 13.9. The van der Waals surface area contributed by atoms with Gasteiger partial charge in [-0.2, -0.15) is 0 Å². The third-order valence-corrected chi connectivity index (χ3v) is 5.40. The molecule has 2 aliphatic carbocycles. The summed E-state index contributed by atoms with van der Waals surface area (Å²) in [7, 11) is 0. The van der Waals surface area contributed by atoms with E-state index in [0.717, 1.165) is 25.7 Å². The summed E-state index contributed by atoms with van der Waals surface area (Å²) < 4.78 is 0. The molecule has 0 aromatic heterocycles. The summed E-state index contributed by atoms with van der Waals surface area (Å²) in [4.78, 5) is 27.5. The molecule has 3 aliphatic rings. The monoisotopic (exact) mass is 278 g/mol. The zero-order valence-corrected chi connectivity index (χ0v) is 13.0. The van der Waals surface area contributed by atoms with E-state index in [9.17, 15) is 9.59 Å². The van der Waals surface area contributed by atoms with Gasteiger partial charge in [0.2, 0.25) is 11.8 Å². The minimum atomic E-state index is -0.651. The largest absolute Gasteiger partial charge is 0.340 e. The predicted molar refractivity (Wildman–Crippen MR) is 76.9 cm³/mol. The van der Waals surface area contributed by atoms with Gasteiger partial charge < -0.3 is 10.2 Å². The highest BCUT2D eigenvalue weighted by atomic mass is 16.2. The second-order valence-corrected chi connectivity index (χ2v) is 7.60. The fourth-order valence-corrected chi connectivity index (χ4v) is 3.95. The lowest BCUT2D eigenvalue weighted by atomic mass is 9.76. The number of amides is 2. The van der Waals surface area contributed by atoms with Crippen molar-refractivity contribution < 1.29 is 9.59 Å². The second kappa shape index (κ2) is 4.47. The summed E-state index contributed by atoms with van der Waals surface area (Å²) in [5, 5.41) is 3.05. The fourth-order valence-electron chi connectivity index (χ4n) is 3.95. The van der Waals surface area contributed by atoms with Gasteiger partial charge in [0.25, 0.3) is 0 Å². The van der Waals surface area contributed by atoms with Crippen LogP contribution < -0.4 is 5.32 Å². The quantitative estimate of drug-likeness (QED) is 0.857. The first-order valence-electron chi connectivity index (χ1n) is 7.99. The zero-order valence-electron chi connectivity index (χ0n) is 13.0. The van der Waals surface area contributed by atoms with Crippen molar-refractivity contribution >= 4 is 11.8 Å². The van der Waals surface area contributed by atoms with Crippen molar-refractivity contribution in [2.75, 3.05) is 0 Å². The molecule has 0 aromatic carbocycles. The average molecular weight is 278 g/mol. The molecule has 2 amide bonds. The van der Waals surface area contributed by atoms with Crippen LogP contribution >= 0.6 is 0 Å². The Kier molecular flexibility index (Phi) is 3.11. The molecular weight excluding hydrogens is 252 g/mol. The van der Waals surface area contributed by atoms with Gasteiger partial charge in [-0.1, -0.05) is 20.8 Å². The number of carbonyl (C=O) groups is 2. The van der Waals surface area contributed by atoms with Gasteiger partial charge in [0.15, 0.2) is 0 Å². The summed E-state index contributed by atoms with van der Waals surface area (Å²) in [5.41, 5.74) is -0.651. The molecule has 2 saturated carbocycles. The van der Waals surface area contributed by atoms with Crippen molar-refractivity contribution in [1.82, 2.24) is 10.2 Å². The average Bonchev–Trinajstić information content (AvgIpc) is 3.13. The molecule has 112 valence electrons. The number of rotatable bonds is 3. The van der Waals surface area contributed by atoms with E-state index in [1.165, 1.54) is 0 Å². The van der Waals surface area contributed by atoms with E-state index >= 15 is 0 Å². The fraction of sp³-hybridized carbons (Fsp3) is 0.875. The lowest BCUT2D eigenvalue weighted by Gasteiger charge is -2.52. The van der Waals surface area contributed by atoms with Crippen molar-refractivity contribution in [1.29, 1.82) is 0 Å². The Labute approximate surface area is 121 Å². The minimum absolute atomic E-state index is 0.0496. The van der Waals surface area contributed by atoms with Crippen LogP contribution in [0.15, 0.2) is 0 Å². The summed E-state index contributed by atoms with van der Waals surface area (Å²) in [6.45, 7) is 8.21. The third kappa shape index (κ3) is 1.95. The van der Waals surface area contributed by atoms with E-state index in [-0.39, 0.29) is 29.8 Å². The minimum Gasteiger partial charge on any atom is -0.340 e. The molecule has 0 radical (unpaired) electrons. The van der Waals surface area contributed by atoms with Gasteiger partial charge in [0.1, 0.15) is 11.6 Å². The maximum absolute atomic E-state index is 13.0. The van der Waals surface area contributed by atoms with Crippen molar-refractivity contribution in [2.24, 2.45) is 17.8 Å². The molecule has 1 saturated heterocycles. The molecule has 3 rings (SSSR count). The van der Waals surface area contributed by atoms with Crippen LogP contribution in [0.3, 0.4) is 0 Å². The molecule has 1 heterocycles. The summed E-state index contributed by atoms with van der Waals surface area (Å²) >= 11 is 0. The van der Waals surface area contributed by atoms with Crippen LogP contribution in [0, 0.1) is 17.8 Å². The number of nitrogens with one attached hydrogen (secondary N) is 1. The first-order chi connectivity index (χ1) is 9.34. The summed E-state index contributed by atoms with van der Waals surface area (Å²) in [6.07, 6.45) is 4.21. The molecule has 1 aliphatic heterocycles. The van der Waals surface area contributed by atoms with Gasteiger partial charge in [0.05, 0.1) is 0 Å². The van der Waals surface area contributed by atoms with Gasteiger partial charge >= 0.3 is 0 Å². The highest BCUT2D eigenvalue weighted by molar-refractivity contribution is 6.00. The maximum Gasteiger partial charge on any atom is 0.249 e. The number of carbonyl (C=O) groups excluding carboxylic acids is 2. The van der Waals surface area contributed by atoms with Crippen LogP contribution in [-0.4, -0.2) is 34.3 Å². The molecule has 2 unspecified atom stereocenters. The molecule has 2 atom stereocenters. The van der Waals surface area contributed by atoms with Crippen molar-refractivity contribution in [3.8, 4) is 0 Å². The van der Waals surface area contributed by atoms with E-state index in [4.69, 9.17) is 0 Å². The zero-order chi connectivity index (χ0) is 14.7. The molecule has 0 spiro atoms. The van der Waals surface area contributed by atoms with Gasteiger partial charge in [0, 0.05) is 6.04 Å². The number of nitrogens with zero attached hydrogens (tertiary/aromatic N) is 1. The van der Waals surface area contributed by atoms with Crippen LogP contribution in [0.1, 0.15) is 53.4 Å². The topological polar surface area (TPSA) is 49.4 Å². The third-order valence-electron chi connectivity index (χ3n) is 5.40. The van der Waals surface area contributed by atoms with Crippen LogP contribution in [0.2, 0.25) is 0 Å². The Morgan fingerprint density at radius 1 is 1.25 bits per heavy atom. The molecule has 4 nitrogen and oxygen atoms in total. The molecule has 20 heavy (non-hydrogen) atoms. The smallest absolute Gasteiger partial charge is 0.249 e. The molecule has 4 heteroatoms. The Balaban J connectivity index is 1.90. The van der Waals surface area contributed by atoms with Gasteiger partial charge in [-0.05, 0) is 50.4 Å². The molecule has 0 aromatic rings. The molecule has 0 bridgehead atoms. The molecule has 3 fully saturated rings. The van der Waals surface area contributed by atoms with Crippen molar-refractivity contribution in [3.05, 3.63) is 0 Å².